The van der Waals surface area contributed by atoms with Crippen LogP contribution >= 0.6 is 0 Å². The van der Waals surface area contributed by atoms with Crippen LogP contribution in [-0.2, 0) is 28.6 Å². The number of rotatable bonds is 39. The van der Waals surface area contributed by atoms with Gasteiger partial charge in [-0.1, -0.05) is 212 Å². The summed E-state index contributed by atoms with van der Waals surface area (Å²) in [6.45, 7) is 6.17. The van der Waals surface area contributed by atoms with Crippen LogP contribution in [0.5, 0.6) is 0 Å². The molecule has 0 spiro atoms. The second-order valence-corrected chi connectivity index (χ2v) is 14.8. The number of allylic oxidation sites excluding steroid dienone is 22. The van der Waals surface area contributed by atoms with Gasteiger partial charge in [-0.05, 0) is 70.6 Å². The van der Waals surface area contributed by atoms with Gasteiger partial charge in [0.15, 0.2) is 6.10 Å². The Hall–Kier alpha value is -4.45. The van der Waals surface area contributed by atoms with Gasteiger partial charge in [0.1, 0.15) is 13.2 Å². The summed E-state index contributed by atoms with van der Waals surface area (Å²) < 4.78 is 16.6. The Morgan fingerprint density at radius 3 is 1.12 bits per heavy atom. The van der Waals surface area contributed by atoms with E-state index in [4.69, 9.17) is 14.2 Å². The molecular formula is C54H82O6. The number of hydrogen-bond donors (Lipinski definition) is 0. The van der Waals surface area contributed by atoms with E-state index in [9.17, 15) is 14.4 Å². The summed E-state index contributed by atoms with van der Waals surface area (Å²) in [5.74, 6) is -1.11. The smallest absolute Gasteiger partial charge is 0.306 e. The Balaban J connectivity index is 4.62. The van der Waals surface area contributed by atoms with Gasteiger partial charge < -0.3 is 14.2 Å². The van der Waals surface area contributed by atoms with Crippen molar-refractivity contribution in [2.45, 2.75) is 175 Å². The number of unbranched alkanes of at least 4 members (excludes halogenated alkanes) is 14. The molecule has 1 unspecified atom stereocenters. The Morgan fingerprint density at radius 1 is 0.350 bits per heavy atom. The van der Waals surface area contributed by atoms with Crippen LogP contribution in [0.1, 0.15) is 168 Å². The van der Waals surface area contributed by atoms with Crippen molar-refractivity contribution >= 4 is 17.9 Å². The number of carbonyl (C=O) groups is 3. The maximum absolute atomic E-state index is 12.7. The predicted octanol–water partition coefficient (Wildman–Crippen LogP) is 15.1. The molecular weight excluding hydrogens is 745 g/mol. The molecule has 0 rings (SSSR count). The SMILES string of the molecule is CC\C=C/C=C\C=C/C=C\C=C/CCCC(=O)OCC(COC(=O)CCCCCCC/C=C\CCCCCCCCC)OC(=O)CCC\C=C/C=C\C=C/C=C\C=C/CC. The minimum Gasteiger partial charge on any atom is -0.462 e. The second-order valence-electron chi connectivity index (χ2n) is 14.8. The zero-order chi connectivity index (χ0) is 43.7. The van der Waals surface area contributed by atoms with E-state index in [-0.39, 0.29) is 38.0 Å². The van der Waals surface area contributed by atoms with Gasteiger partial charge >= 0.3 is 17.9 Å². The van der Waals surface area contributed by atoms with E-state index in [1.54, 1.807) is 0 Å². The van der Waals surface area contributed by atoms with Crippen molar-refractivity contribution in [1.82, 2.24) is 0 Å². The topological polar surface area (TPSA) is 78.9 Å². The summed E-state index contributed by atoms with van der Waals surface area (Å²) >= 11 is 0. The molecule has 60 heavy (non-hydrogen) atoms. The predicted molar refractivity (Wildman–Crippen MR) is 256 cm³/mol. The van der Waals surface area contributed by atoms with Crippen molar-refractivity contribution in [3.05, 3.63) is 134 Å². The molecule has 0 bridgehead atoms. The lowest BCUT2D eigenvalue weighted by Gasteiger charge is -2.18. The van der Waals surface area contributed by atoms with Crippen molar-refractivity contribution in [1.29, 1.82) is 0 Å². The summed E-state index contributed by atoms with van der Waals surface area (Å²) in [7, 11) is 0. The van der Waals surface area contributed by atoms with Crippen LogP contribution in [-0.4, -0.2) is 37.2 Å². The van der Waals surface area contributed by atoms with Gasteiger partial charge in [0.2, 0.25) is 0 Å². The lowest BCUT2D eigenvalue weighted by atomic mass is 10.1. The first-order chi connectivity index (χ1) is 29.5. The van der Waals surface area contributed by atoms with Crippen molar-refractivity contribution in [3.63, 3.8) is 0 Å². The average molecular weight is 827 g/mol. The van der Waals surface area contributed by atoms with Gasteiger partial charge in [-0.15, -0.1) is 0 Å². The van der Waals surface area contributed by atoms with Gasteiger partial charge in [-0.25, -0.2) is 0 Å². The molecule has 0 saturated carbocycles. The highest BCUT2D eigenvalue weighted by molar-refractivity contribution is 5.71. The second kappa shape index (κ2) is 47.2. The normalized spacial score (nSPS) is 13.3. The molecule has 0 saturated heterocycles. The molecule has 0 aliphatic rings. The van der Waals surface area contributed by atoms with Gasteiger partial charge in [-0.3, -0.25) is 14.4 Å². The third-order valence-corrected chi connectivity index (χ3v) is 9.13. The van der Waals surface area contributed by atoms with E-state index in [1.165, 1.54) is 57.8 Å². The zero-order valence-electron chi connectivity index (χ0n) is 37.9. The molecule has 0 N–H and O–H groups in total. The van der Waals surface area contributed by atoms with Crippen LogP contribution < -0.4 is 0 Å². The molecule has 6 heteroatoms. The highest BCUT2D eigenvalue weighted by Crippen LogP contribution is 2.12. The van der Waals surface area contributed by atoms with Gasteiger partial charge in [0, 0.05) is 19.3 Å². The Kier molecular flexibility index (Phi) is 43.7. The maximum Gasteiger partial charge on any atom is 0.306 e. The number of hydrogen-bond acceptors (Lipinski definition) is 6. The van der Waals surface area contributed by atoms with Crippen LogP contribution in [0.2, 0.25) is 0 Å². The Morgan fingerprint density at radius 2 is 0.683 bits per heavy atom. The summed E-state index contributed by atoms with van der Waals surface area (Å²) in [6, 6.07) is 0. The first kappa shape index (κ1) is 55.5. The molecule has 0 aliphatic heterocycles. The first-order valence-electron chi connectivity index (χ1n) is 23.3. The van der Waals surface area contributed by atoms with Crippen LogP contribution in [0.3, 0.4) is 0 Å². The molecule has 1 atom stereocenters. The average Bonchev–Trinajstić information content (AvgIpc) is 3.24. The lowest BCUT2D eigenvalue weighted by molar-refractivity contribution is -0.167. The lowest BCUT2D eigenvalue weighted by Crippen LogP contribution is -2.30. The molecule has 0 radical (unpaired) electrons. The summed E-state index contributed by atoms with van der Waals surface area (Å²) in [5, 5.41) is 0. The number of esters is 3. The minimum absolute atomic E-state index is 0.139. The fourth-order valence-corrected chi connectivity index (χ4v) is 5.67. The van der Waals surface area contributed by atoms with Crippen molar-refractivity contribution < 1.29 is 28.6 Å². The largest absolute Gasteiger partial charge is 0.462 e. The van der Waals surface area contributed by atoms with Crippen LogP contribution in [0.25, 0.3) is 0 Å². The van der Waals surface area contributed by atoms with Gasteiger partial charge in [0.05, 0.1) is 0 Å². The number of ether oxygens (including phenoxy) is 3. The van der Waals surface area contributed by atoms with Crippen LogP contribution in [0, 0.1) is 0 Å². The minimum atomic E-state index is -0.850. The first-order valence-corrected chi connectivity index (χ1v) is 23.3. The van der Waals surface area contributed by atoms with E-state index >= 15 is 0 Å². The van der Waals surface area contributed by atoms with Crippen molar-refractivity contribution in [2.24, 2.45) is 0 Å². The highest BCUT2D eigenvalue weighted by atomic mass is 16.6. The monoisotopic (exact) mass is 827 g/mol. The third-order valence-electron chi connectivity index (χ3n) is 9.13. The van der Waals surface area contributed by atoms with Gasteiger partial charge in [0.25, 0.3) is 0 Å². The highest BCUT2D eigenvalue weighted by Gasteiger charge is 2.19. The van der Waals surface area contributed by atoms with E-state index in [1.807, 2.05) is 109 Å². The summed E-state index contributed by atoms with van der Waals surface area (Å²) in [4.78, 5) is 37.8. The molecule has 334 valence electrons. The molecule has 0 aromatic heterocycles. The number of carbonyl (C=O) groups excluding carboxylic acids is 3. The maximum atomic E-state index is 12.7. The zero-order valence-corrected chi connectivity index (χ0v) is 37.9. The van der Waals surface area contributed by atoms with Gasteiger partial charge in [-0.2, -0.15) is 0 Å². The van der Waals surface area contributed by atoms with Crippen LogP contribution in [0.15, 0.2) is 134 Å². The molecule has 0 amide bonds. The van der Waals surface area contributed by atoms with Crippen molar-refractivity contribution in [2.75, 3.05) is 13.2 Å². The molecule has 0 fully saturated rings. The Labute approximate surface area is 366 Å². The van der Waals surface area contributed by atoms with Crippen molar-refractivity contribution in [3.8, 4) is 0 Å². The fourth-order valence-electron chi connectivity index (χ4n) is 5.67. The summed E-state index contributed by atoms with van der Waals surface area (Å²) in [6.07, 6.45) is 65.9. The molecule has 0 aromatic rings. The van der Waals surface area contributed by atoms with E-state index in [0.29, 0.717) is 25.7 Å². The Bertz CT molecular complexity index is 1370. The van der Waals surface area contributed by atoms with E-state index < -0.39 is 12.1 Å². The molecule has 6 nitrogen and oxygen atoms in total. The molecule has 0 aliphatic carbocycles. The van der Waals surface area contributed by atoms with E-state index in [2.05, 4.69) is 45.1 Å². The van der Waals surface area contributed by atoms with Crippen LogP contribution in [0.4, 0.5) is 0 Å². The molecule has 0 heterocycles. The standard InChI is InChI=1S/C54H82O6/c1-4-7-10-13-16-19-22-25-26-27-30-32-35-38-41-44-47-53(56)59-50-51(60-54(57)48-45-42-39-36-33-29-24-21-18-15-12-9-6-3)49-58-52(55)46-43-40-37-34-31-28-23-20-17-14-11-8-5-2/h8-9,11-12,14-15,17-18,20-21,23-24,26-29,31,33-34,36-37,39,51H,4-7,10,13,16,19,22,25,30,32,35,38,40-50H2,1-3H3/b11-8-,12-9-,17-14-,18-15-,23-20-,24-21-,27-26-,31-28-,33-29-,37-34-,39-36-. The quantitative estimate of drug-likeness (QED) is 0.0202. The van der Waals surface area contributed by atoms with E-state index in [0.717, 1.165) is 51.4 Å². The fraction of sp³-hybridized carbons (Fsp3) is 0.537. The third kappa shape index (κ3) is 44.6. The summed E-state index contributed by atoms with van der Waals surface area (Å²) in [5.41, 5.74) is 0. The molecule has 0 aromatic carbocycles.